The summed E-state index contributed by atoms with van der Waals surface area (Å²) in [5.41, 5.74) is 7.69. The van der Waals surface area contributed by atoms with Crippen molar-refractivity contribution in [1.82, 2.24) is 0 Å². The maximum absolute atomic E-state index is 12.9. The van der Waals surface area contributed by atoms with Crippen molar-refractivity contribution >= 4 is 17.7 Å². The van der Waals surface area contributed by atoms with E-state index >= 15 is 0 Å². The van der Waals surface area contributed by atoms with Gasteiger partial charge in [-0.05, 0) is 57.1 Å². The van der Waals surface area contributed by atoms with Gasteiger partial charge in [0.2, 0.25) is 0 Å². The molecular weight excluding hydrogens is 504 g/mol. The lowest BCUT2D eigenvalue weighted by atomic mass is 9.88. The average molecular weight is 549 g/mol. The minimum Gasteiger partial charge on any atom is -0.504 e. The molecule has 1 aliphatic heterocycles. The van der Waals surface area contributed by atoms with Gasteiger partial charge in [0.25, 0.3) is 5.91 Å². The van der Waals surface area contributed by atoms with Crippen molar-refractivity contribution in [2.45, 2.75) is 77.8 Å². The predicted molar refractivity (Wildman–Crippen MR) is 149 cm³/mol. The molecule has 5 N–H and O–H groups in total. The fraction of sp³-hybridized carbons (Fsp3) is 0.586. The zero-order chi connectivity index (χ0) is 29.3. The minimum absolute atomic E-state index is 0.0219. The monoisotopic (exact) mass is 548 g/mol. The van der Waals surface area contributed by atoms with Crippen LogP contribution in [0.1, 0.15) is 52.5 Å². The highest BCUT2D eigenvalue weighted by Crippen LogP contribution is 2.36. The van der Waals surface area contributed by atoms with Crippen LogP contribution >= 0.6 is 0 Å². The number of aliphatic hydroxyl groups is 1. The van der Waals surface area contributed by atoms with Gasteiger partial charge in [-0.1, -0.05) is 26.0 Å². The highest BCUT2D eigenvalue weighted by molar-refractivity contribution is 6.03. The van der Waals surface area contributed by atoms with Crippen LogP contribution in [-0.4, -0.2) is 68.0 Å². The molecule has 2 bridgehead atoms. The third-order valence-corrected chi connectivity index (χ3v) is 7.15. The Hall–Kier alpha value is -3.08. The Bertz CT molecular complexity index is 1050. The van der Waals surface area contributed by atoms with E-state index in [-0.39, 0.29) is 23.5 Å². The molecule has 10 heteroatoms. The van der Waals surface area contributed by atoms with Gasteiger partial charge in [-0.2, -0.15) is 0 Å². The Kier molecular flexibility index (Phi) is 12.3. The summed E-state index contributed by atoms with van der Waals surface area (Å²) in [6, 6.07) is 3.24. The number of nitrogens with one attached hydrogen (secondary N) is 1. The van der Waals surface area contributed by atoms with Crippen molar-refractivity contribution in [2.24, 2.45) is 17.6 Å². The van der Waals surface area contributed by atoms with Crippen molar-refractivity contribution in [3.63, 3.8) is 0 Å². The third kappa shape index (κ3) is 8.98. The van der Waals surface area contributed by atoms with E-state index in [0.717, 1.165) is 5.56 Å². The van der Waals surface area contributed by atoms with Crippen molar-refractivity contribution < 1.29 is 38.7 Å². The number of rotatable bonds is 4. The zero-order valence-corrected chi connectivity index (χ0v) is 24.0. The second kappa shape index (κ2) is 14.9. The van der Waals surface area contributed by atoms with Gasteiger partial charge in [0, 0.05) is 43.0 Å². The summed E-state index contributed by atoms with van der Waals surface area (Å²) >= 11 is 0. The first kappa shape index (κ1) is 32.1. The van der Waals surface area contributed by atoms with E-state index in [9.17, 15) is 19.8 Å². The largest absolute Gasteiger partial charge is 0.504 e. The fourth-order valence-corrected chi connectivity index (χ4v) is 5.08. The summed E-state index contributed by atoms with van der Waals surface area (Å²) in [5, 5.41) is 24.6. The molecule has 6 atom stereocenters. The maximum atomic E-state index is 12.9. The van der Waals surface area contributed by atoms with E-state index in [1.165, 1.54) is 20.3 Å². The van der Waals surface area contributed by atoms with Crippen molar-refractivity contribution in [3.05, 3.63) is 41.0 Å². The molecule has 1 aromatic rings. The van der Waals surface area contributed by atoms with Crippen LogP contribution in [0.3, 0.4) is 0 Å². The van der Waals surface area contributed by atoms with E-state index in [2.05, 4.69) is 5.32 Å². The smallest absolute Gasteiger partial charge is 0.405 e. The Morgan fingerprint density at radius 2 is 1.77 bits per heavy atom. The Morgan fingerprint density at radius 1 is 1.10 bits per heavy atom. The quantitative estimate of drug-likeness (QED) is 0.411. The van der Waals surface area contributed by atoms with Crippen LogP contribution in [0.4, 0.5) is 10.5 Å². The first-order valence-corrected chi connectivity index (χ1v) is 13.2. The number of hydrogen-bond donors (Lipinski definition) is 4. The number of amides is 2. The Balaban J connectivity index is 2.53. The summed E-state index contributed by atoms with van der Waals surface area (Å²) in [6.45, 7) is 7.38. The number of nitrogens with two attached hydrogens (primary N) is 1. The van der Waals surface area contributed by atoms with Gasteiger partial charge in [0.05, 0.1) is 25.4 Å². The molecule has 0 radical (unpaired) electrons. The fourth-order valence-electron chi connectivity index (χ4n) is 5.08. The number of phenolic OH excluding ortho intramolecular Hbond substituents is 1. The number of methoxy groups -OCH3 is 3. The number of allylic oxidation sites excluding steroid dienone is 1. The molecule has 2 amide bonds. The molecule has 1 aromatic carbocycles. The SMILES string of the molecule is COc1c(O)cc2cc1C[C@@H](C)C[C@H](OC)[C@H](O)[C@@H](C)C=C(C)[C@H](OC(N)=O)[C@H](OC)CCC=C(C)C(=O)N2. The highest BCUT2D eigenvalue weighted by Gasteiger charge is 2.30. The first-order valence-electron chi connectivity index (χ1n) is 13.2. The zero-order valence-electron chi connectivity index (χ0n) is 24.0. The molecule has 0 saturated carbocycles. The van der Waals surface area contributed by atoms with Crippen LogP contribution in [0.15, 0.2) is 35.4 Å². The molecule has 0 saturated heterocycles. The molecule has 0 aliphatic carbocycles. The molecule has 0 aromatic heterocycles. The number of carbonyl (C=O) groups is 2. The normalized spacial score (nSPS) is 27.6. The summed E-state index contributed by atoms with van der Waals surface area (Å²) in [5.74, 6) is -0.375. The van der Waals surface area contributed by atoms with E-state index in [4.69, 9.17) is 24.7 Å². The maximum Gasteiger partial charge on any atom is 0.405 e. The lowest BCUT2D eigenvalue weighted by Gasteiger charge is -2.30. The summed E-state index contributed by atoms with van der Waals surface area (Å²) < 4.78 is 22.2. The molecule has 0 spiro atoms. The molecule has 218 valence electrons. The van der Waals surface area contributed by atoms with Crippen molar-refractivity contribution in [3.8, 4) is 11.5 Å². The number of aliphatic hydroxyl groups excluding tert-OH is 1. The molecule has 2 rings (SSSR count). The standard InChI is InChI=1S/C29H44N2O8/c1-16-11-20-14-21(15-22(32)27(20)38-7)31-28(34)17(2)9-8-10-23(36-5)26(39-29(30)35)19(4)13-18(3)25(33)24(12-16)37-6/h9,13-16,18,23-26,32-33H,8,10-12H2,1-7H3,(H2,30,35)(H,31,34)/t16-,18+,23-,24+,25-,26+/m1/s1. The van der Waals surface area contributed by atoms with Crippen LogP contribution in [0.25, 0.3) is 0 Å². The molecule has 39 heavy (non-hydrogen) atoms. The lowest BCUT2D eigenvalue weighted by molar-refractivity contribution is -0.112. The van der Waals surface area contributed by atoms with E-state index in [0.29, 0.717) is 48.3 Å². The van der Waals surface area contributed by atoms with Crippen LogP contribution in [0.5, 0.6) is 11.5 Å². The lowest BCUT2D eigenvalue weighted by Crippen LogP contribution is -2.37. The second-order valence-corrected chi connectivity index (χ2v) is 10.3. The number of fused-ring (bicyclic) bond motifs is 2. The van der Waals surface area contributed by atoms with Gasteiger partial charge in [0.15, 0.2) is 17.6 Å². The number of ether oxygens (including phenoxy) is 4. The summed E-state index contributed by atoms with van der Waals surface area (Å²) in [7, 11) is 4.55. The van der Waals surface area contributed by atoms with Gasteiger partial charge in [-0.15, -0.1) is 0 Å². The predicted octanol–water partition coefficient (Wildman–Crippen LogP) is 4.09. The van der Waals surface area contributed by atoms with Crippen molar-refractivity contribution in [1.29, 1.82) is 0 Å². The van der Waals surface area contributed by atoms with Crippen LogP contribution in [0.2, 0.25) is 0 Å². The van der Waals surface area contributed by atoms with Crippen molar-refractivity contribution in [2.75, 3.05) is 26.6 Å². The van der Waals surface area contributed by atoms with Gasteiger partial charge in [-0.3, -0.25) is 4.79 Å². The number of carbonyl (C=O) groups excluding carboxylic acids is 2. The molecule has 10 nitrogen and oxygen atoms in total. The third-order valence-electron chi connectivity index (χ3n) is 7.15. The molecule has 0 fully saturated rings. The molecule has 1 heterocycles. The average Bonchev–Trinajstić information content (AvgIpc) is 2.87. The van der Waals surface area contributed by atoms with E-state index in [1.807, 2.05) is 19.9 Å². The highest BCUT2D eigenvalue weighted by atomic mass is 16.6. The number of hydrogen-bond acceptors (Lipinski definition) is 8. The van der Waals surface area contributed by atoms with Crippen LogP contribution in [0, 0.1) is 11.8 Å². The van der Waals surface area contributed by atoms with E-state index < -0.39 is 30.5 Å². The van der Waals surface area contributed by atoms with Gasteiger partial charge < -0.3 is 40.2 Å². The van der Waals surface area contributed by atoms with Gasteiger partial charge in [-0.25, -0.2) is 4.79 Å². The second-order valence-electron chi connectivity index (χ2n) is 10.3. The summed E-state index contributed by atoms with van der Waals surface area (Å²) in [4.78, 5) is 24.6. The number of aromatic hydroxyl groups is 1. The summed E-state index contributed by atoms with van der Waals surface area (Å²) in [6.07, 6.45) is 1.95. The number of primary amides is 1. The number of anilines is 1. The van der Waals surface area contributed by atoms with Gasteiger partial charge >= 0.3 is 6.09 Å². The topological polar surface area (TPSA) is 150 Å². The molecule has 0 unspecified atom stereocenters. The Labute approximate surface area is 231 Å². The molecule has 1 aliphatic rings. The molecular formula is C29H44N2O8. The first-order chi connectivity index (χ1) is 18.4. The van der Waals surface area contributed by atoms with E-state index in [1.54, 1.807) is 33.1 Å². The number of phenols is 1. The minimum atomic E-state index is -0.934. The Morgan fingerprint density at radius 3 is 2.36 bits per heavy atom. The van der Waals surface area contributed by atoms with Crippen LogP contribution < -0.4 is 15.8 Å². The van der Waals surface area contributed by atoms with Crippen LogP contribution in [-0.2, 0) is 25.4 Å². The number of benzene rings is 1. The van der Waals surface area contributed by atoms with Gasteiger partial charge in [0.1, 0.15) is 0 Å².